The van der Waals surface area contributed by atoms with Gasteiger partial charge in [0.15, 0.2) is 0 Å². The zero-order chi connectivity index (χ0) is 15.4. The molecule has 0 saturated heterocycles. The maximum atomic E-state index is 12.5. The van der Waals surface area contributed by atoms with Gasteiger partial charge in [-0.05, 0) is 36.1 Å². The first-order chi connectivity index (χ1) is 9.19. The number of hydrogen-bond acceptors (Lipinski definition) is 3. The Kier molecular flexibility index (Phi) is 5.74. The lowest BCUT2D eigenvalue weighted by molar-refractivity contribution is 0.407. The van der Waals surface area contributed by atoms with Crippen LogP contribution in [-0.4, -0.2) is 22.0 Å². The summed E-state index contributed by atoms with van der Waals surface area (Å²) in [6.45, 7) is 9.07. The minimum Gasteiger partial charge on any atom is -0.316 e. The molecule has 0 saturated carbocycles. The van der Waals surface area contributed by atoms with Crippen molar-refractivity contribution in [3.05, 3.63) is 29.3 Å². The molecule has 0 radical (unpaired) electrons. The van der Waals surface area contributed by atoms with Crippen LogP contribution >= 0.6 is 0 Å². The predicted octanol–water partition coefficient (Wildman–Crippen LogP) is 2.29. The molecule has 0 amide bonds. The van der Waals surface area contributed by atoms with Crippen LogP contribution in [0.4, 0.5) is 0 Å². The zero-order valence-electron chi connectivity index (χ0n) is 13.1. The van der Waals surface area contributed by atoms with Crippen LogP contribution in [-0.2, 0) is 23.0 Å². The first kappa shape index (κ1) is 17.1. The van der Waals surface area contributed by atoms with Crippen molar-refractivity contribution in [2.75, 3.05) is 13.6 Å². The van der Waals surface area contributed by atoms with Gasteiger partial charge in [0.2, 0.25) is 10.0 Å². The quantitative estimate of drug-likeness (QED) is 0.847. The lowest BCUT2D eigenvalue weighted by Gasteiger charge is -2.20. The highest BCUT2D eigenvalue weighted by molar-refractivity contribution is 7.89. The Labute approximate surface area is 123 Å². The van der Waals surface area contributed by atoms with Gasteiger partial charge in [-0.3, -0.25) is 0 Å². The number of rotatable bonds is 6. The van der Waals surface area contributed by atoms with Gasteiger partial charge in [-0.1, -0.05) is 39.8 Å². The van der Waals surface area contributed by atoms with E-state index in [0.717, 1.165) is 11.1 Å². The smallest absolute Gasteiger partial charge is 0.240 e. The van der Waals surface area contributed by atoms with Crippen LogP contribution in [0.15, 0.2) is 23.1 Å². The number of nitrogens with one attached hydrogen (secondary N) is 2. The fourth-order valence-corrected chi connectivity index (χ4v) is 3.49. The third kappa shape index (κ3) is 4.89. The van der Waals surface area contributed by atoms with Crippen LogP contribution in [0, 0.1) is 5.41 Å². The third-order valence-corrected chi connectivity index (χ3v) is 4.46. The van der Waals surface area contributed by atoms with E-state index in [1.54, 1.807) is 6.07 Å². The zero-order valence-corrected chi connectivity index (χ0v) is 13.9. The van der Waals surface area contributed by atoms with Gasteiger partial charge in [-0.15, -0.1) is 0 Å². The lowest BCUT2D eigenvalue weighted by atomic mass is 9.98. The van der Waals surface area contributed by atoms with E-state index in [-0.39, 0.29) is 5.41 Å². The first-order valence-corrected chi connectivity index (χ1v) is 8.44. The first-order valence-electron chi connectivity index (χ1n) is 6.95. The van der Waals surface area contributed by atoms with Gasteiger partial charge in [0.25, 0.3) is 0 Å². The molecule has 0 fully saturated rings. The van der Waals surface area contributed by atoms with Crippen LogP contribution in [0.3, 0.4) is 0 Å². The van der Waals surface area contributed by atoms with Crippen molar-refractivity contribution in [3.63, 3.8) is 0 Å². The average Bonchev–Trinajstić information content (AvgIpc) is 2.36. The molecule has 0 heterocycles. The molecule has 0 spiro atoms. The molecule has 4 nitrogen and oxygen atoms in total. The molecule has 20 heavy (non-hydrogen) atoms. The fourth-order valence-electron chi connectivity index (χ4n) is 1.84. The number of benzene rings is 1. The maximum Gasteiger partial charge on any atom is 0.240 e. The number of aryl methyl sites for hydroxylation is 1. The Morgan fingerprint density at radius 2 is 1.85 bits per heavy atom. The van der Waals surface area contributed by atoms with Crippen LogP contribution in [0.25, 0.3) is 0 Å². The van der Waals surface area contributed by atoms with Crippen molar-refractivity contribution in [2.45, 2.75) is 45.6 Å². The molecule has 1 aromatic rings. The third-order valence-electron chi connectivity index (χ3n) is 2.98. The summed E-state index contributed by atoms with van der Waals surface area (Å²) >= 11 is 0. The minimum atomic E-state index is -3.45. The second-order valence-corrected chi connectivity index (χ2v) is 7.95. The minimum absolute atomic E-state index is 0.0813. The molecule has 0 aromatic heterocycles. The van der Waals surface area contributed by atoms with Crippen molar-refractivity contribution >= 4 is 10.0 Å². The monoisotopic (exact) mass is 298 g/mol. The van der Waals surface area contributed by atoms with Crippen molar-refractivity contribution in [2.24, 2.45) is 5.41 Å². The molecule has 114 valence electrons. The highest BCUT2D eigenvalue weighted by Crippen LogP contribution is 2.20. The van der Waals surface area contributed by atoms with Crippen molar-refractivity contribution in [1.29, 1.82) is 0 Å². The summed E-state index contributed by atoms with van der Waals surface area (Å²) in [7, 11) is -1.61. The Morgan fingerprint density at radius 1 is 1.20 bits per heavy atom. The molecule has 0 aliphatic heterocycles. The standard InChI is InChI=1S/C15H26N2O2S/c1-6-13-8-7-12(10-16-5)9-14(13)20(18,19)17-11-15(2,3)4/h7-9,16-17H,6,10-11H2,1-5H3. The van der Waals surface area contributed by atoms with Crippen molar-refractivity contribution in [3.8, 4) is 0 Å². The summed E-state index contributed by atoms with van der Waals surface area (Å²) in [4.78, 5) is 0.400. The fraction of sp³-hybridized carbons (Fsp3) is 0.600. The van der Waals surface area contributed by atoms with Crippen LogP contribution in [0.5, 0.6) is 0 Å². The largest absolute Gasteiger partial charge is 0.316 e. The van der Waals surface area contributed by atoms with Crippen molar-refractivity contribution < 1.29 is 8.42 Å². The lowest BCUT2D eigenvalue weighted by Crippen LogP contribution is -2.33. The summed E-state index contributed by atoms with van der Waals surface area (Å²) < 4.78 is 27.7. The van der Waals surface area contributed by atoms with E-state index in [1.165, 1.54) is 0 Å². The van der Waals surface area contributed by atoms with E-state index in [2.05, 4.69) is 10.0 Å². The number of sulfonamides is 1. The molecule has 1 aromatic carbocycles. The molecule has 1 rings (SSSR count). The van der Waals surface area contributed by atoms with E-state index in [1.807, 2.05) is 46.9 Å². The van der Waals surface area contributed by atoms with Gasteiger partial charge in [-0.2, -0.15) is 0 Å². The van der Waals surface area contributed by atoms with Gasteiger partial charge in [-0.25, -0.2) is 13.1 Å². The maximum absolute atomic E-state index is 12.5. The van der Waals surface area contributed by atoms with Gasteiger partial charge in [0, 0.05) is 13.1 Å². The summed E-state index contributed by atoms with van der Waals surface area (Å²) in [5.41, 5.74) is 1.74. The van der Waals surface area contributed by atoms with Gasteiger partial charge >= 0.3 is 0 Å². The molecule has 0 bridgehead atoms. The van der Waals surface area contributed by atoms with Gasteiger partial charge < -0.3 is 5.32 Å². The summed E-state index contributed by atoms with van der Waals surface area (Å²) in [5, 5.41) is 3.04. The molecule has 0 unspecified atom stereocenters. The molecular formula is C15H26N2O2S. The molecule has 2 N–H and O–H groups in total. The highest BCUT2D eigenvalue weighted by atomic mass is 32.2. The Bertz CT molecular complexity index is 545. The molecule has 0 aliphatic carbocycles. The summed E-state index contributed by atoms with van der Waals surface area (Å²) in [5.74, 6) is 0. The van der Waals surface area contributed by atoms with Crippen LogP contribution in [0.2, 0.25) is 0 Å². The van der Waals surface area contributed by atoms with Crippen molar-refractivity contribution in [1.82, 2.24) is 10.0 Å². The van der Waals surface area contributed by atoms with E-state index in [0.29, 0.717) is 24.4 Å². The van der Waals surface area contributed by atoms with Gasteiger partial charge in [0.1, 0.15) is 0 Å². The highest BCUT2D eigenvalue weighted by Gasteiger charge is 2.21. The molecule has 5 heteroatoms. The van der Waals surface area contributed by atoms with E-state index < -0.39 is 10.0 Å². The Morgan fingerprint density at radius 3 is 2.35 bits per heavy atom. The second kappa shape index (κ2) is 6.70. The Hall–Kier alpha value is -0.910. The number of hydrogen-bond donors (Lipinski definition) is 2. The SMILES string of the molecule is CCc1ccc(CNC)cc1S(=O)(=O)NCC(C)(C)C. The second-order valence-electron chi connectivity index (χ2n) is 6.21. The van der Waals surface area contributed by atoms with E-state index >= 15 is 0 Å². The van der Waals surface area contributed by atoms with E-state index in [9.17, 15) is 8.42 Å². The molecule has 0 atom stereocenters. The molecule has 0 aliphatic rings. The van der Waals surface area contributed by atoms with Crippen LogP contribution < -0.4 is 10.0 Å². The normalized spacial score (nSPS) is 12.7. The molecular weight excluding hydrogens is 272 g/mol. The Balaban J connectivity index is 3.11. The van der Waals surface area contributed by atoms with E-state index in [4.69, 9.17) is 0 Å². The van der Waals surface area contributed by atoms with Crippen LogP contribution in [0.1, 0.15) is 38.8 Å². The predicted molar refractivity (Wildman–Crippen MR) is 83.2 cm³/mol. The summed E-state index contributed by atoms with van der Waals surface area (Å²) in [6, 6.07) is 5.64. The summed E-state index contributed by atoms with van der Waals surface area (Å²) in [6.07, 6.45) is 0.700. The topological polar surface area (TPSA) is 58.2 Å². The van der Waals surface area contributed by atoms with Gasteiger partial charge in [0.05, 0.1) is 4.90 Å². The average molecular weight is 298 g/mol.